The summed E-state index contributed by atoms with van der Waals surface area (Å²) < 4.78 is 6.14. The number of likely N-dealkylation sites (tertiary alicyclic amines) is 1. The van der Waals surface area contributed by atoms with Crippen LogP contribution in [0, 0.1) is 0 Å². The van der Waals surface area contributed by atoms with Crippen LogP contribution in [0.2, 0.25) is 0 Å². The van der Waals surface area contributed by atoms with E-state index in [0.29, 0.717) is 42.8 Å². The van der Waals surface area contributed by atoms with Gasteiger partial charge in [0.1, 0.15) is 11.4 Å². The van der Waals surface area contributed by atoms with Crippen LogP contribution in [0.4, 0.5) is 0 Å². The van der Waals surface area contributed by atoms with Gasteiger partial charge in [-0.1, -0.05) is 12.1 Å². The Morgan fingerprint density at radius 1 is 1.22 bits per heavy atom. The maximum absolute atomic E-state index is 12.5. The van der Waals surface area contributed by atoms with Gasteiger partial charge < -0.3 is 9.64 Å². The summed E-state index contributed by atoms with van der Waals surface area (Å²) >= 11 is 0. The lowest BCUT2D eigenvalue weighted by atomic mass is 9.89. The molecule has 4 rings (SSSR count). The van der Waals surface area contributed by atoms with Crippen molar-refractivity contribution in [2.75, 3.05) is 13.1 Å². The van der Waals surface area contributed by atoms with Gasteiger partial charge in [-0.2, -0.15) is 0 Å². The first-order valence-electron chi connectivity index (χ1n) is 7.67. The predicted octanol–water partition coefficient (Wildman–Crippen LogP) is 2.33. The van der Waals surface area contributed by atoms with Crippen molar-refractivity contribution < 1.29 is 14.3 Å². The van der Waals surface area contributed by atoms with Crippen LogP contribution in [0.5, 0.6) is 5.75 Å². The highest BCUT2D eigenvalue weighted by Gasteiger charge is 2.46. The van der Waals surface area contributed by atoms with Crippen LogP contribution in [0.3, 0.4) is 0 Å². The van der Waals surface area contributed by atoms with Crippen LogP contribution in [0.25, 0.3) is 0 Å². The third kappa shape index (κ3) is 2.38. The SMILES string of the molecule is O=C1CC2(CCN(C(=O)c3cccnc3)C2)Oc2ccccc21. The maximum Gasteiger partial charge on any atom is 0.255 e. The number of hydrogen-bond acceptors (Lipinski definition) is 4. The molecule has 3 heterocycles. The summed E-state index contributed by atoms with van der Waals surface area (Å²) in [6, 6.07) is 10.8. The second-order valence-corrected chi connectivity index (χ2v) is 6.10. The van der Waals surface area contributed by atoms with Crippen molar-refractivity contribution in [2.24, 2.45) is 0 Å². The van der Waals surface area contributed by atoms with Crippen LogP contribution < -0.4 is 4.74 Å². The van der Waals surface area contributed by atoms with Crippen LogP contribution in [-0.2, 0) is 0 Å². The summed E-state index contributed by atoms with van der Waals surface area (Å²) in [6.45, 7) is 1.02. The molecule has 1 unspecified atom stereocenters. The highest BCUT2D eigenvalue weighted by atomic mass is 16.5. The Hall–Kier alpha value is -2.69. The zero-order valence-electron chi connectivity index (χ0n) is 12.6. The van der Waals surface area contributed by atoms with Gasteiger partial charge in [-0.3, -0.25) is 14.6 Å². The summed E-state index contributed by atoms with van der Waals surface area (Å²) in [5.41, 5.74) is 0.603. The number of carbonyl (C=O) groups is 2. The second kappa shape index (κ2) is 5.19. The molecule has 1 amide bonds. The molecule has 5 heteroatoms. The zero-order chi connectivity index (χ0) is 15.9. The lowest BCUT2D eigenvalue weighted by Gasteiger charge is -2.34. The highest BCUT2D eigenvalue weighted by Crippen LogP contribution is 2.38. The first kappa shape index (κ1) is 13.9. The van der Waals surface area contributed by atoms with E-state index < -0.39 is 5.60 Å². The van der Waals surface area contributed by atoms with Crippen molar-refractivity contribution in [3.8, 4) is 5.75 Å². The van der Waals surface area contributed by atoms with Crippen molar-refractivity contribution in [1.29, 1.82) is 0 Å². The molecule has 1 saturated heterocycles. The number of Topliss-reactive ketones (excluding diaryl/α,β-unsaturated/α-hetero) is 1. The van der Waals surface area contributed by atoms with Crippen molar-refractivity contribution in [3.63, 3.8) is 0 Å². The van der Waals surface area contributed by atoms with E-state index in [4.69, 9.17) is 4.74 Å². The van der Waals surface area contributed by atoms with Crippen LogP contribution in [-0.4, -0.2) is 40.3 Å². The molecular weight excluding hydrogens is 292 g/mol. The quantitative estimate of drug-likeness (QED) is 0.811. The Morgan fingerprint density at radius 3 is 2.91 bits per heavy atom. The average Bonchev–Trinajstić information content (AvgIpc) is 2.98. The fourth-order valence-corrected chi connectivity index (χ4v) is 3.36. The molecule has 1 aromatic heterocycles. The molecule has 0 saturated carbocycles. The second-order valence-electron chi connectivity index (χ2n) is 6.10. The van der Waals surface area contributed by atoms with Gasteiger partial charge in [0, 0.05) is 25.4 Å². The van der Waals surface area contributed by atoms with E-state index in [0.717, 1.165) is 0 Å². The minimum absolute atomic E-state index is 0.0649. The minimum atomic E-state index is -0.594. The fraction of sp³-hybridized carbons (Fsp3) is 0.278. The van der Waals surface area contributed by atoms with Crippen molar-refractivity contribution >= 4 is 11.7 Å². The topological polar surface area (TPSA) is 59.5 Å². The number of amides is 1. The lowest BCUT2D eigenvalue weighted by Crippen LogP contribution is -2.45. The molecule has 1 aromatic carbocycles. The number of ether oxygens (including phenoxy) is 1. The molecule has 1 spiro atoms. The van der Waals surface area contributed by atoms with Gasteiger partial charge in [-0.05, 0) is 24.3 Å². The minimum Gasteiger partial charge on any atom is -0.484 e. The number of hydrogen-bond donors (Lipinski definition) is 0. The molecule has 2 aliphatic heterocycles. The fourth-order valence-electron chi connectivity index (χ4n) is 3.36. The number of pyridine rings is 1. The van der Waals surface area contributed by atoms with Crippen molar-refractivity contribution in [3.05, 3.63) is 59.9 Å². The average molecular weight is 308 g/mol. The number of aromatic nitrogens is 1. The molecule has 0 aliphatic carbocycles. The smallest absolute Gasteiger partial charge is 0.255 e. The zero-order valence-corrected chi connectivity index (χ0v) is 12.6. The molecule has 116 valence electrons. The van der Waals surface area contributed by atoms with E-state index in [2.05, 4.69) is 4.98 Å². The Balaban J connectivity index is 1.57. The van der Waals surface area contributed by atoms with Crippen LogP contribution in [0.1, 0.15) is 33.6 Å². The Bertz CT molecular complexity index is 775. The number of benzene rings is 1. The summed E-state index contributed by atoms with van der Waals surface area (Å²) in [5.74, 6) is 0.645. The summed E-state index contributed by atoms with van der Waals surface area (Å²) in [5, 5.41) is 0. The molecule has 0 radical (unpaired) electrons. The normalized spacial score (nSPS) is 22.8. The van der Waals surface area contributed by atoms with Crippen LogP contribution in [0.15, 0.2) is 48.8 Å². The molecule has 1 atom stereocenters. The number of nitrogens with zero attached hydrogens (tertiary/aromatic N) is 2. The third-order valence-corrected chi connectivity index (χ3v) is 4.51. The van der Waals surface area contributed by atoms with Gasteiger partial charge in [0.25, 0.3) is 5.91 Å². The predicted molar refractivity (Wildman–Crippen MR) is 83.5 cm³/mol. The van der Waals surface area contributed by atoms with E-state index in [9.17, 15) is 9.59 Å². The highest BCUT2D eigenvalue weighted by molar-refractivity contribution is 6.00. The first-order chi connectivity index (χ1) is 11.2. The largest absolute Gasteiger partial charge is 0.484 e. The molecule has 1 fully saturated rings. The Labute approximate surface area is 133 Å². The van der Waals surface area contributed by atoms with Crippen molar-refractivity contribution in [2.45, 2.75) is 18.4 Å². The van der Waals surface area contributed by atoms with E-state index >= 15 is 0 Å². The molecule has 0 bridgehead atoms. The van der Waals surface area contributed by atoms with Gasteiger partial charge in [-0.15, -0.1) is 0 Å². The monoisotopic (exact) mass is 308 g/mol. The first-order valence-corrected chi connectivity index (χ1v) is 7.67. The number of para-hydroxylation sites is 1. The summed E-state index contributed by atoms with van der Waals surface area (Å²) in [4.78, 5) is 30.7. The van der Waals surface area contributed by atoms with E-state index in [1.54, 1.807) is 35.5 Å². The molecule has 5 nitrogen and oxygen atoms in total. The standard InChI is InChI=1S/C18H16N2O3/c21-15-10-18(23-16-6-2-1-5-14(15)16)7-9-20(12-18)17(22)13-4-3-8-19-11-13/h1-6,8,11H,7,9-10,12H2. The number of ketones is 1. The third-order valence-electron chi connectivity index (χ3n) is 4.51. The molecule has 2 aliphatic rings. The maximum atomic E-state index is 12.5. The van der Waals surface area contributed by atoms with Gasteiger partial charge in [-0.25, -0.2) is 0 Å². The van der Waals surface area contributed by atoms with E-state index in [-0.39, 0.29) is 11.7 Å². The van der Waals surface area contributed by atoms with Gasteiger partial charge in [0.2, 0.25) is 0 Å². The summed E-state index contributed by atoms with van der Waals surface area (Å²) in [7, 11) is 0. The molecule has 0 N–H and O–H groups in total. The Kier molecular flexibility index (Phi) is 3.15. The summed E-state index contributed by atoms with van der Waals surface area (Å²) in [6.07, 6.45) is 4.19. The number of fused-ring (bicyclic) bond motifs is 1. The lowest BCUT2D eigenvalue weighted by molar-refractivity contribution is 0.0428. The number of carbonyl (C=O) groups excluding carboxylic acids is 2. The van der Waals surface area contributed by atoms with Gasteiger partial charge in [0.15, 0.2) is 5.78 Å². The molecular formula is C18H16N2O3. The van der Waals surface area contributed by atoms with E-state index in [1.165, 1.54) is 0 Å². The van der Waals surface area contributed by atoms with Gasteiger partial charge >= 0.3 is 0 Å². The number of rotatable bonds is 1. The van der Waals surface area contributed by atoms with Crippen molar-refractivity contribution in [1.82, 2.24) is 9.88 Å². The van der Waals surface area contributed by atoms with Crippen LogP contribution >= 0.6 is 0 Å². The molecule has 23 heavy (non-hydrogen) atoms. The van der Waals surface area contributed by atoms with E-state index in [1.807, 2.05) is 18.2 Å². The van der Waals surface area contributed by atoms with Gasteiger partial charge in [0.05, 0.1) is 24.1 Å². The Morgan fingerprint density at radius 2 is 2.09 bits per heavy atom. The molecule has 2 aromatic rings.